The number of nitrogens with zero attached hydrogens (tertiary/aromatic N) is 2. The van der Waals surface area contributed by atoms with E-state index < -0.39 is 0 Å². The molecule has 1 aromatic heterocycles. The Labute approximate surface area is 117 Å². The van der Waals surface area contributed by atoms with E-state index in [1.54, 1.807) is 6.33 Å². The summed E-state index contributed by atoms with van der Waals surface area (Å²) in [5, 5.41) is 6.85. The minimum atomic E-state index is 0.141. The van der Waals surface area contributed by atoms with Crippen LogP contribution in [0, 0.1) is 0 Å². The lowest BCUT2D eigenvalue weighted by atomic mass is 9.89. The van der Waals surface area contributed by atoms with Crippen molar-refractivity contribution < 1.29 is 0 Å². The first kappa shape index (κ1) is 15.7. The number of anilines is 2. The molecule has 1 rings (SSSR count). The topological polar surface area (TPSA) is 49.8 Å². The Bertz CT molecular complexity index is 377. The predicted molar refractivity (Wildman–Crippen MR) is 82.8 cm³/mol. The maximum absolute atomic E-state index is 4.47. The van der Waals surface area contributed by atoms with Gasteiger partial charge in [-0.1, -0.05) is 34.1 Å². The zero-order valence-corrected chi connectivity index (χ0v) is 13.0. The normalized spacial score (nSPS) is 11.4. The molecule has 0 saturated carbocycles. The zero-order valence-electron chi connectivity index (χ0n) is 13.0. The van der Waals surface area contributed by atoms with Crippen molar-refractivity contribution in [2.24, 2.45) is 0 Å². The van der Waals surface area contributed by atoms with Crippen LogP contribution >= 0.6 is 0 Å². The van der Waals surface area contributed by atoms with E-state index in [4.69, 9.17) is 0 Å². The first-order valence-electron chi connectivity index (χ1n) is 7.46. The molecule has 4 nitrogen and oxygen atoms in total. The van der Waals surface area contributed by atoms with Crippen LogP contribution in [0.25, 0.3) is 0 Å². The van der Waals surface area contributed by atoms with Crippen molar-refractivity contribution in [2.75, 3.05) is 17.7 Å². The van der Waals surface area contributed by atoms with Gasteiger partial charge < -0.3 is 10.6 Å². The molecule has 0 aromatic carbocycles. The van der Waals surface area contributed by atoms with Crippen LogP contribution < -0.4 is 10.6 Å². The van der Waals surface area contributed by atoms with Crippen LogP contribution in [-0.2, 0) is 6.42 Å². The highest BCUT2D eigenvalue weighted by Crippen LogP contribution is 2.29. The van der Waals surface area contributed by atoms with E-state index in [1.807, 2.05) is 7.05 Å². The average Bonchev–Trinajstić information content (AvgIpc) is 2.46. The van der Waals surface area contributed by atoms with Gasteiger partial charge in [-0.25, -0.2) is 9.97 Å². The first-order chi connectivity index (χ1) is 9.16. The molecule has 0 unspecified atom stereocenters. The van der Waals surface area contributed by atoms with Crippen LogP contribution in [0.1, 0.15) is 58.9 Å². The Morgan fingerprint density at radius 2 is 1.58 bits per heavy atom. The van der Waals surface area contributed by atoms with Crippen molar-refractivity contribution in [3.05, 3.63) is 11.9 Å². The van der Waals surface area contributed by atoms with E-state index in [9.17, 15) is 0 Å². The zero-order chi connectivity index (χ0) is 14.3. The van der Waals surface area contributed by atoms with E-state index in [1.165, 1.54) is 5.56 Å². The lowest BCUT2D eigenvalue weighted by molar-refractivity contribution is 0.418. The molecule has 0 saturated heterocycles. The third-order valence-corrected chi connectivity index (χ3v) is 4.10. The van der Waals surface area contributed by atoms with Crippen LogP contribution in [0.5, 0.6) is 0 Å². The molecule has 0 amide bonds. The molecule has 4 heteroatoms. The molecule has 19 heavy (non-hydrogen) atoms. The summed E-state index contributed by atoms with van der Waals surface area (Å²) < 4.78 is 0. The Hall–Kier alpha value is -1.32. The number of rotatable bonds is 8. The standard InChI is InChI=1S/C15H28N4/c1-6-10-12-13(16-5)17-11-18-14(12)19-15(7-2,8-3)9-4/h11H,6-10H2,1-5H3,(H2,16,17,18,19). The summed E-state index contributed by atoms with van der Waals surface area (Å²) in [6.45, 7) is 8.89. The molecular weight excluding hydrogens is 236 g/mol. The molecule has 0 aliphatic heterocycles. The largest absolute Gasteiger partial charge is 0.373 e. The highest BCUT2D eigenvalue weighted by molar-refractivity contribution is 5.58. The fourth-order valence-corrected chi connectivity index (χ4v) is 2.49. The van der Waals surface area contributed by atoms with E-state index in [0.29, 0.717) is 0 Å². The maximum atomic E-state index is 4.47. The van der Waals surface area contributed by atoms with Gasteiger partial charge in [0.2, 0.25) is 0 Å². The quantitative estimate of drug-likeness (QED) is 0.748. The van der Waals surface area contributed by atoms with Crippen LogP contribution in [-0.4, -0.2) is 22.6 Å². The van der Waals surface area contributed by atoms with Gasteiger partial charge in [-0.05, 0) is 25.7 Å². The van der Waals surface area contributed by atoms with Crippen molar-refractivity contribution in [3.8, 4) is 0 Å². The molecule has 1 aromatic rings. The fourth-order valence-electron chi connectivity index (χ4n) is 2.49. The average molecular weight is 264 g/mol. The summed E-state index contributed by atoms with van der Waals surface area (Å²) in [6, 6.07) is 0. The van der Waals surface area contributed by atoms with Gasteiger partial charge in [-0.15, -0.1) is 0 Å². The van der Waals surface area contributed by atoms with Gasteiger partial charge in [0.1, 0.15) is 18.0 Å². The minimum Gasteiger partial charge on any atom is -0.373 e. The van der Waals surface area contributed by atoms with E-state index >= 15 is 0 Å². The van der Waals surface area contributed by atoms with Gasteiger partial charge in [0.15, 0.2) is 0 Å². The number of aromatic nitrogens is 2. The first-order valence-corrected chi connectivity index (χ1v) is 7.46. The van der Waals surface area contributed by atoms with E-state index in [2.05, 4.69) is 48.3 Å². The Balaban J connectivity index is 3.11. The second-order valence-corrected chi connectivity index (χ2v) is 5.02. The van der Waals surface area contributed by atoms with Crippen molar-refractivity contribution in [1.29, 1.82) is 0 Å². The van der Waals surface area contributed by atoms with Crippen molar-refractivity contribution in [1.82, 2.24) is 9.97 Å². The van der Waals surface area contributed by atoms with Crippen LogP contribution in [0.3, 0.4) is 0 Å². The fraction of sp³-hybridized carbons (Fsp3) is 0.733. The van der Waals surface area contributed by atoms with E-state index in [-0.39, 0.29) is 5.54 Å². The second kappa shape index (κ2) is 7.31. The highest BCUT2D eigenvalue weighted by atomic mass is 15.1. The summed E-state index contributed by atoms with van der Waals surface area (Å²) in [4.78, 5) is 8.79. The molecule has 108 valence electrons. The molecule has 0 fully saturated rings. The number of nitrogens with one attached hydrogen (secondary N) is 2. The third-order valence-electron chi connectivity index (χ3n) is 4.10. The Morgan fingerprint density at radius 1 is 1.00 bits per heavy atom. The summed E-state index contributed by atoms with van der Waals surface area (Å²) in [6.07, 6.45) is 7.03. The molecule has 0 aliphatic rings. The Morgan fingerprint density at radius 3 is 2.05 bits per heavy atom. The third kappa shape index (κ3) is 3.58. The van der Waals surface area contributed by atoms with Gasteiger partial charge in [0.25, 0.3) is 0 Å². The molecular formula is C15H28N4. The van der Waals surface area contributed by atoms with Crippen molar-refractivity contribution in [2.45, 2.75) is 65.3 Å². The molecule has 2 N–H and O–H groups in total. The van der Waals surface area contributed by atoms with Crippen molar-refractivity contribution >= 4 is 11.6 Å². The smallest absolute Gasteiger partial charge is 0.135 e. The van der Waals surface area contributed by atoms with Crippen LogP contribution in [0.4, 0.5) is 11.6 Å². The second-order valence-electron chi connectivity index (χ2n) is 5.02. The summed E-state index contributed by atoms with van der Waals surface area (Å²) in [5.41, 5.74) is 1.34. The molecule has 1 heterocycles. The lowest BCUT2D eigenvalue weighted by Crippen LogP contribution is -2.37. The Kier molecular flexibility index (Phi) is 6.06. The molecule has 0 spiro atoms. The van der Waals surface area contributed by atoms with Gasteiger partial charge in [-0.3, -0.25) is 0 Å². The molecule has 0 bridgehead atoms. The molecule has 0 atom stereocenters. The summed E-state index contributed by atoms with van der Waals surface area (Å²) in [7, 11) is 1.91. The molecule has 0 aliphatic carbocycles. The summed E-state index contributed by atoms with van der Waals surface area (Å²) in [5.74, 6) is 1.93. The highest BCUT2D eigenvalue weighted by Gasteiger charge is 2.25. The maximum Gasteiger partial charge on any atom is 0.135 e. The molecule has 0 radical (unpaired) electrons. The van der Waals surface area contributed by atoms with Gasteiger partial charge >= 0.3 is 0 Å². The lowest BCUT2D eigenvalue weighted by Gasteiger charge is -2.33. The predicted octanol–water partition coefficient (Wildman–Crippen LogP) is 3.85. The minimum absolute atomic E-state index is 0.141. The number of hydrogen-bond donors (Lipinski definition) is 2. The van der Waals surface area contributed by atoms with Crippen LogP contribution in [0.2, 0.25) is 0 Å². The van der Waals surface area contributed by atoms with Crippen molar-refractivity contribution in [3.63, 3.8) is 0 Å². The van der Waals surface area contributed by atoms with Gasteiger partial charge in [-0.2, -0.15) is 0 Å². The SMILES string of the molecule is CCCc1c(NC)ncnc1NC(CC)(CC)CC. The summed E-state index contributed by atoms with van der Waals surface area (Å²) >= 11 is 0. The van der Waals surface area contributed by atoms with E-state index in [0.717, 1.165) is 43.7 Å². The number of hydrogen-bond acceptors (Lipinski definition) is 4. The van der Waals surface area contributed by atoms with Crippen LogP contribution in [0.15, 0.2) is 6.33 Å². The van der Waals surface area contributed by atoms with Gasteiger partial charge in [0.05, 0.1) is 0 Å². The monoisotopic (exact) mass is 264 g/mol. The van der Waals surface area contributed by atoms with Gasteiger partial charge in [0, 0.05) is 18.2 Å².